The van der Waals surface area contributed by atoms with E-state index in [2.05, 4.69) is 10.2 Å². The number of halogens is 2. The zero-order valence-corrected chi connectivity index (χ0v) is 24.0. The summed E-state index contributed by atoms with van der Waals surface area (Å²) in [6.07, 6.45) is 8.11. The Morgan fingerprint density at radius 2 is 1.72 bits per heavy atom. The van der Waals surface area contributed by atoms with Crippen molar-refractivity contribution in [2.45, 2.75) is 69.6 Å². The minimum absolute atomic E-state index is 0.0189. The van der Waals surface area contributed by atoms with Gasteiger partial charge in [-0.25, -0.2) is 13.8 Å². The Hall–Kier alpha value is -3.92. The van der Waals surface area contributed by atoms with Crippen molar-refractivity contribution >= 4 is 17.6 Å². The molecule has 0 radical (unpaired) electrons. The number of piperidine rings is 1. The Kier molecular flexibility index (Phi) is 7.33. The van der Waals surface area contributed by atoms with E-state index >= 15 is 0 Å². The number of carbonyl (C=O) groups is 2. The minimum atomic E-state index is -1.08. The van der Waals surface area contributed by atoms with E-state index in [4.69, 9.17) is 4.98 Å². The van der Waals surface area contributed by atoms with Crippen LogP contribution in [0.25, 0.3) is 11.1 Å². The number of rotatable bonds is 8. The van der Waals surface area contributed by atoms with Crippen molar-refractivity contribution in [2.75, 3.05) is 31.5 Å². The number of nitrogens with zero attached hydrogens (tertiary/aromatic N) is 4. The number of anilines is 1. The van der Waals surface area contributed by atoms with E-state index in [1.165, 1.54) is 29.5 Å². The Bertz CT molecular complexity index is 1640. The first-order valence-electron chi connectivity index (χ1n) is 15.4. The molecule has 0 spiro atoms. The molecule has 224 valence electrons. The van der Waals surface area contributed by atoms with Crippen LogP contribution in [0.3, 0.4) is 0 Å². The quantitative estimate of drug-likeness (QED) is 0.387. The minimum Gasteiger partial charge on any atom is -0.333 e. The number of nitrogens with one attached hydrogen (secondary N) is 1. The van der Waals surface area contributed by atoms with Gasteiger partial charge in [0, 0.05) is 30.4 Å². The molecule has 2 aliphatic carbocycles. The molecule has 2 saturated heterocycles. The lowest BCUT2D eigenvalue weighted by Crippen LogP contribution is -2.51. The summed E-state index contributed by atoms with van der Waals surface area (Å²) in [5, 5.41) is 2.86. The van der Waals surface area contributed by atoms with E-state index in [-0.39, 0.29) is 47.6 Å². The Labute approximate surface area is 248 Å². The third kappa shape index (κ3) is 5.98. The van der Waals surface area contributed by atoms with Gasteiger partial charge in [-0.15, -0.1) is 0 Å². The molecule has 0 bridgehead atoms. The van der Waals surface area contributed by atoms with Crippen LogP contribution in [0.4, 0.5) is 14.6 Å². The highest BCUT2D eigenvalue weighted by Gasteiger charge is 2.33. The molecule has 0 unspecified atom stereocenters. The second-order valence-corrected chi connectivity index (χ2v) is 12.4. The number of alkyl halides is 1. The van der Waals surface area contributed by atoms with Gasteiger partial charge >= 0.3 is 0 Å². The predicted octanol–water partition coefficient (Wildman–Crippen LogP) is 5.29. The van der Waals surface area contributed by atoms with E-state index in [1.807, 2.05) is 12.3 Å². The molecule has 10 heteroatoms. The standard InChI is InChI=1S/C33H35F2N5O3/c34-23-6-9-26(27(15-23)32(42)39-18-24(35)19-39)22-13-29(21-4-5-21)36-30(14-22)37-31(41)28-12-20(16-38-10-2-1-3-11-38)17-40(33(28)43)25-7-8-25/h6,9,12-15,17,21,24-25H,1-5,7-8,10-11,16,18-19H2,(H,36,37,41). The van der Waals surface area contributed by atoms with Gasteiger partial charge in [0.15, 0.2) is 0 Å². The Balaban J connectivity index is 1.21. The maximum absolute atomic E-state index is 14.3. The van der Waals surface area contributed by atoms with E-state index in [1.54, 1.807) is 16.7 Å². The molecular formula is C33H35F2N5O3. The zero-order valence-electron chi connectivity index (χ0n) is 24.0. The second kappa shape index (κ2) is 11.3. The third-order valence-electron chi connectivity index (χ3n) is 8.87. The molecule has 2 saturated carbocycles. The van der Waals surface area contributed by atoms with Gasteiger partial charge in [-0.2, -0.15) is 0 Å². The molecule has 4 aliphatic rings. The van der Waals surface area contributed by atoms with Gasteiger partial charge in [0.25, 0.3) is 17.4 Å². The Morgan fingerprint density at radius 3 is 2.42 bits per heavy atom. The number of pyridine rings is 2. The van der Waals surface area contributed by atoms with Crippen molar-refractivity contribution in [3.63, 3.8) is 0 Å². The van der Waals surface area contributed by atoms with Crippen molar-refractivity contribution in [1.82, 2.24) is 19.4 Å². The highest BCUT2D eigenvalue weighted by Crippen LogP contribution is 2.41. The number of hydrogen-bond donors (Lipinski definition) is 1. The van der Waals surface area contributed by atoms with Crippen LogP contribution in [0.15, 0.2) is 47.4 Å². The van der Waals surface area contributed by atoms with Gasteiger partial charge in [0.1, 0.15) is 23.4 Å². The van der Waals surface area contributed by atoms with Crippen LogP contribution in [0.1, 0.15) is 88.9 Å². The number of aromatic nitrogens is 2. The number of likely N-dealkylation sites (tertiary alicyclic amines) is 2. The fourth-order valence-electron chi connectivity index (χ4n) is 6.16. The van der Waals surface area contributed by atoms with Crippen molar-refractivity contribution in [1.29, 1.82) is 0 Å². The van der Waals surface area contributed by atoms with Crippen LogP contribution in [-0.2, 0) is 6.54 Å². The van der Waals surface area contributed by atoms with Crippen LogP contribution < -0.4 is 10.9 Å². The first kappa shape index (κ1) is 27.9. The molecule has 2 amide bonds. The maximum atomic E-state index is 14.3. The first-order valence-corrected chi connectivity index (χ1v) is 15.4. The largest absolute Gasteiger partial charge is 0.333 e. The lowest BCUT2D eigenvalue weighted by Gasteiger charge is -2.34. The monoisotopic (exact) mass is 587 g/mol. The van der Waals surface area contributed by atoms with Gasteiger partial charge in [-0.1, -0.05) is 12.5 Å². The molecule has 0 atom stereocenters. The van der Waals surface area contributed by atoms with Crippen molar-refractivity contribution in [3.05, 3.63) is 81.2 Å². The number of hydrogen-bond acceptors (Lipinski definition) is 5. The normalized spacial score (nSPS) is 19.3. The van der Waals surface area contributed by atoms with E-state index < -0.39 is 23.8 Å². The molecule has 1 N–H and O–H groups in total. The average molecular weight is 588 g/mol. The Morgan fingerprint density at radius 1 is 0.953 bits per heavy atom. The fourth-order valence-corrected chi connectivity index (χ4v) is 6.16. The molecule has 4 fully saturated rings. The number of benzene rings is 1. The zero-order chi connectivity index (χ0) is 29.7. The molecule has 2 aliphatic heterocycles. The molecule has 8 nitrogen and oxygen atoms in total. The lowest BCUT2D eigenvalue weighted by molar-refractivity contribution is 0.0400. The van der Waals surface area contributed by atoms with Gasteiger partial charge in [-0.05, 0) is 98.6 Å². The third-order valence-corrected chi connectivity index (χ3v) is 8.87. The maximum Gasteiger partial charge on any atom is 0.263 e. The van der Waals surface area contributed by atoms with Crippen LogP contribution in [0.5, 0.6) is 0 Å². The first-order chi connectivity index (χ1) is 20.8. The summed E-state index contributed by atoms with van der Waals surface area (Å²) in [4.78, 5) is 48.7. The summed E-state index contributed by atoms with van der Waals surface area (Å²) in [6.45, 7) is 2.66. The van der Waals surface area contributed by atoms with Crippen LogP contribution in [0, 0.1) is 5.82 Å². The molecule has 43 heavy (non-hydrogen) atoms. The SMILES string of the molecule is O=C(Nc1cc(-c2ccc(F)cc2C(=O)N2CC(F)C2)cc(C2CC2)n1)c1cc(CN2CCCCC2)cn(C2CC2)c1=O. The molecule has 1 aromatic carbocycles. The number of carbonyl (C=O) groups excluding carboxylic acids is 2. The van der Waals surface area contributed by atoms with Gasteiger partial charge in [0.05, 0.1) is 18.7 Å². The number of amides is 2. The highest BCUT2D eigenvalue weighted by molar-refractivity contribution is 6.04. The van der Waals surface area contributed by atoms with Crippen molar-refractivity contribution in [3.8, 4) is 11.1 Å². The van der Waals surface area contributed by atoms with Crippen LogP contribution in [0.2, 0.25) is 0 Å². The molecule has 7 rings (SSSR count). The summed E-state index contributed by atoms with van der Waals surface area (Å²) >= 11 is 0. The highest BCUT2D eigenvalue weighted by atomic mass is 19.1. The topological polar surface area (TPSA) is 87.5 Å². The summed E-state index contributed by atoms with van der Waals surface area (Å²) < 4.78 is 29.5. The predicted molar refractivity (Wildman–Crippen MR) is 158 cm³/mol. The van der Waals surface area contributed by atoms with Crippen molar-refractivity contribution in [2.24, 2.45) is 0 Å². The fraction of sp³-hybridized carbons (Fsp3) is 0.455. The van der Waals surface area contributed by atoms with Gasteiger partial charge in [0.2, 0.25) is 0 Å². The summed E-state index contributed by atoms with van der Waals surface area (Å²) in [6, 6.07) is 9.33. The molecular weight excluding hydrogens is 552 g/mol. The van der Waals surface area contributed by atoms with E-state index in [0.717, 1.165) is 62.9 Å². The smallest absolute Gasteiger partial charge is 0.263 e. The van der Waals surface area contributed by atoms with Crippen LogP contribution >= 0.6 is 0 Å². The van der Waals surface area contributed by atoms with E-state index in [9.17, 15) is 23.2 Å². The molecule has 4 heterocycles. The van der Waals surface area contributed by atoms with Crippen LogP contribution in [-0.4, -0.2) is 63.5 Å². The van der Waals surface area contributed by atoms with E-state index in [0.29, 0.717) is 17.7 Å². The summed E-state index contributed by atoms with van der Waals surface area (Å²) in [5.41, 5.74) is 2.68. The summed E-state index contributed by atoms with van der Waals surface area (Å²) in [7, 11) is 0. The van der Waals surface area contributed by atoms with Gasteiger partial charge < -0.3 is 14.8 Å². The van der Waals surface area contributed by atoms with Crippen molar-refractivity contribution < 1.29 is 18.4 Å². The molecule has 2 aromatic heterocycles. The molecule has 3 aromatic rings. The lowest BCUT2D eigenvalue weighted by atomic mass is 9.97. The summed E-state index contributed by atoms with van der Waals surface area (Å²) in [5.74, 6) is -1.05. The van der Waals surface area contributed by atoms with Gasteiger partial charge in [-0.3, -0.25) is 19.3 Å². The second-order valence-electron chi connectivity index (χ2n) is 12.4. The average Bonchev–Trinajstić information content (AvgIpc) is 3.90.